The quantitative estimate of drug-likeness (QED) is 0.431. The van der Waals surface area contributed by atoms with Gasteiger partial charge in [-0.15, -0.1) is 6.58 Å². The lowest BCUT2D eigenvalue weighted by atomic mass is 10.1. The first kappa shape index (κ1) is 21.1. The Morgan fingerprint density at radius 1 is 0.960 bits per heavy atom. The molecule has 0 amide bonds. The maximum atomic E-state index is 10.3. The largest absolute Gasteiger partial charge is 0.744 e. The van der Waals surface area contributed by atoms with E-state index < -0.39 is 10.1 Å². The fraction of sp³-hybridized carbons (Fsp3) is 0.300. The van der Waals surface area contributed by atoms with E-state index in [1.54, 1.807) is 6.07 Å². The summed E-state index contributed by atoms with van der Waals surface area (Å²) in [7, 11) is 0.316. The normalized spacial score (nSPS) is 11.3. The van der Waals surface area contributed by atoms with Gasteiger partial charge >= 0.3 is 0 Å². The Labute approximate surface area is 151 Å². The van der Waals surface area contributed by atoms with E-state index in [0.29, 0.717) is 0 Å². The Balaban J connectivity index is 0.000000271. The van der Waals surface area contributed by atoms with Crippen molar-refractivity contribution in [2.45, 2.75) is 17.7 Å². The van der Waals surface area contributed by atoms with Crippen LogP contribution in [-0.4, -0.2) is 44.6 Å². The minimum atomic E-state index is -4.25. The van der Waals surface area contributed by atoms with E-state index in [0.717, 1.165) is 17.3 Å². The van der Waals surface area contributed by atoms with Gasteiger partial charge in [0.1, 0.15) is 10.1 Å². The van der Waals surface area contributed by atoms with Gasteiger partial charge in [-0.2, -0.15) is 0 Å². The van der Waals surface area contributed by atoms with Crippen LogP contribution in [0.5, 0.6) is 0 Å². The SMILES string of the molecule is C=CCC[N+](C)(C)CCc1ccccc1.O=S(=O)([O-])c1ccccc1. The van der Waals surface area contributed by atoms with Gasteiger partial charge in [-0.3, -0.25) is 0 Å². The second-order valence-corrected chi connectivity index (χ2v) is 7.84. The van der Waals surface area contributed by atoms with Crippen molar-refractivity contribution < 1.29 is 17.5 Å². The molecule has 4 nitrogen and oxygen atoms in total. The van der Waals surface area contributed by atoms with Gasteiger partial charge in [-0.25, -0.2) is 8.42 Å². The molecule has 2 aromatic carbocycles. The molecule has 0 aliphatic carbocycles. The maximum Gasteiger partial charge on any atom is 0.124 e. The van der Waals surface area contributed by atoms with E-state index in [9.17, 15) is 13.0 Å². The topological polar surface area (TPSA) is 57.2 Å². The summed E-state index contributed by atoms with van der Waals surface area (Å²) < 4.78 is 31.9. The molecule has 0 spiro atoms. The summed E-state index contributed by atoms with van der Waals surface area (Å²) in [5.41, 5.74) is 1.43. The molecule has 2 rings (SSSR count). The molecule has 0 saturated carbocycles. The molecule has 0 unspecified atom stereocenters. The molecule has 0 aromatic heterocycles. The van der Waals surface area contributed by atoms with E-state index in [-0.39, 0.29) is 4.90 Å². The zero-order valence-electron chi connectivity index (χ0n) is 15.0. The monoisotopic (exact) mass is 361 g/mol. The third kappa shape index (κ3) is 9.19. The maximum absolute atomic E-state index is 10.3. The van der Waals surface area contributed by atoms with Crippen molar-refractivity contribution in [3.05, 3.63) is 78.9 Å². The smallest absolute Gasteiger partial charge is 0.124 e. The standard InChI is InChI=1S/C14H22N.C6H6O3S/c1-4-5-12-15(2,3)13-11-14-9-7-6-8-10-14;7-10(8,9)6-4-2-1-3-5-6/h4,6-10H,1,5,11-13H2,2-3H3;1-5H,(H,7,8,9)/q+1;/p-1. The van der Waals surface area contributed by atoms with Crippen molar-refractivity contribution in [1.82, 2.24) is 0 Å². The first-order valence-electron chi connectivity index (χ1n) is 8.22. The molecular formula is C20H27NO3S. The molecular weight excluding hydrogens is 334 g/mol. The summed E-state index contributed by atoms with van der Waals surface area (Å²) in [6.45, 7) is 6.14. The molecule has 0 bridgehead atoms. The van der Waals surface area contributed by atoms with Gasteiger partial charge in [-0.1, -0.05) is 54.6 Å². The molecule has 0 radical (unpaired) electrons. The van der Waals surface area contributed by atoms with Gasteiger partial charge in [0.15, 0.2) is 0 Å². The summed E-state index contributed by atoms with van der Waals surface area (Å²) >= 11 is 0. The summed E-state index contributed by atoms with van der Waals surface area (Å²) in [5.74, 6) is 0. The van der Waals surface area contributed by atoms with E-state index in [1.165, 1.54) is 42.9 Å². The summed E-state index contributed by atoms with van der Waals surface area (Å²) in [5, 5.41) is 0. The Bertz CT molecular complexity index is 726. The van der Waals surface area contributed by atoms with Crippen LogP contribution in [0.25, 0.3) is 0 Å². The average Bonchev–Trinajstić information content (AvgIpc) is 2.60. The van der Waals surface area contributed by atoms with Gasteiger partial charge in [0.25, 0.3) is 0 Å². The molecule has 0 aliphatic rings. The third-order valence-electron chi connectivity index (χ3n) is 3.82. The first-order chi connectivity index (χ1) is 11.7. The lowest BCUT2D eigenvalue weighted by Crippen LogP contribution is -2.41. The van der Waals surface area contributed by atoms with E-state index >= 15 is 0 Å². The van der Waals surface area contributed by atoms with E-state index in [2.05, 4.69) is 51.0 Å². The van der Waals surface area contributed by atoms with Crippen LogP contribution in [0.15, 0.2) is 78.2 Å². The van der Waals surface area contributed by atoms with Crippen molar-refractivity contribution in [2.24, 2.45) is 0 Å². The van der Waals surface area contributed by atoms with Crippen LogP contribution in [0.3, 0.4) is 0 Å². The van der Waals surface area contributed by atoms with Gasteiger partial charge in [0.2, 0.25) is 0 Å². The molecule has 5 heteroatoms. The number of quaternary nitrogens is 1. The molecule has 0 atom stereocenters. The highest BCUT2D eigenvalue weighted by Crippen LogP contribution is 2.06. The van der Waals surface area contributed by atoms with Crippen molar-refractivity contribution in [3.8, 4) is 0 Å². The van der Waals surface area contributed by atoms with Gasteiger partial charge in [0, 0.05) is 12.8 Å². The molecule has 0 saturated heterocycles. The van der Waals surface area contributed by atoms with E-state index in [4.69, 9.17) is 0 Å². The number of benzene rings is 2. The fourth-order valence-electron chi connectivity index (χ4n) is 2.22. The zero-order chi connectivity index (χ0) is 18.8. The van der Waals surface area contributed by atoms with Gasteiger partial charge in [-0.05, 0) is 17.7 Å². The lowest BCUT2D eigenvalue weighted by molar-refractivity contribution is -0.889. The summed E-state index contributed by atoms with van der Waals surface area (Å²) in [6.07, 6.45) is 4.26. The molecule has 0 heterocycles. The molecule has 0 fully saturated rings. The number of hydrogen-bond donors (Lipinski definition) is 0. The second kappa shape index (κ2) is 10.1. The minimum absolute atomic E-state index is 0.185. The van der Waals surface area contributed by atoms with Crippen LogP contribution < -0.4 is 0 Å². The molecule has 25 heavy (non-hydrogen) atoms. The minimum Gasteiger partial charge on any atom is -0.744 e. The Kier molecular flexibility index (Phi) is 8.55. The molecule has 0 aliphatic heterocycles. The van der Waals surface area contributed by atoms with E-state index in [1.807, 2.05) is 6.08 Å². The van der Waals surface area contributed by atoms with Crippen LogP contribution in [0.1, 0.15) is 12.0 Å². The Hall–Kier alpha value is -1.95. The van der Waals surface area contributed by atoms with Crippen molar-refractivity contribution in [2.75, 3.05) is 27.2 Å². The number of rotatable bonds is 7. The molecule has 2 aromatic rings. The van der Waals surface area contributed by atoms with Crippen molar-refractivity contribution in [3.63, 3.8) is 0 Å². The molecule has 0 N–H and O–H groups in total. The van der Waals surface area contributed by atoms with Crippen LogP contribution in [0, 0.1) is 0 Å². The predicted octanol–water partition coefficient (Wildman–Crippen LogP) is 3.47. The van der Waals surface area contributed by atoms with Crippen molar-refractivity contribution in [1.29, 1.82) is 0 Å². The summed E-state index contributed by atoms with van der Waals surface area (Å²) in [6, 6.07) is 17.9. The van der Waals surface area contributed by atoms with Crippen LogP contribution >= 0.6 is 0 Å². The first-order valence-corrected chi connectivity index (χ1v) is 9.63. The van der Waals surface area contributed by atoms with Crippen LogP contribution in [0.2, 0.25) is 0 Å². The third-order valence-corrected chi connectivity index (χ3v) is 4.67. The van der Waals surface area contributed by atoms with Crippen molar-refractivity contribution >= 4 is 10.1 Å². The summed E-state index contributed by atoms with van der Waals surface area (Å²) in [4.78, 5) is -0.185. The highest BCUT2D eigenvalue weighted by atomic mass is 32.2. The Morgan fingerprint density at radius 3 is 1.92 bits per heavy atom. The molecule has 136 valence electrons. The zero-order valence-corrected chi connectivity index (χ0v) is 15.8. The fourth-order valence-corrected chi connectivity index (χ4v) is 2.71. The highest BCUT2D eigenvalue weighted by molar-refractivity contribution is 7.85. The second-order valence-electron chi connectivity index (χ2n) is 6.46. The number of nitrogens with zero attached hydrogens (tertiary/aromatic N) is 1. The predicted molar refractivity (Wildman–Crippen MR) is 101 cm³/mol. The van der Waals surface area contributed by atoms with Gasteiger partial charge in [0.05, 0.1) is 32.1 Å². The average molecular weight is 362 g/mol. The number of likely N-dealkylation sites (N-methyl/N-ethyl adjacent to an activating group) is 1. The Morgan fingerprint density at radius 2 is 1.48 bits per heavy atom. The number of hydrogen-bond acceptors (Lipinski definition) is 3. The highest BCUT2D eigenvalue weighted by Gasteiger charge is 2.13. The lowest BCUT2D eigenvalue weighted by Gasteiger charge is -2.29. The van der Waals surface area contributed by atoms with Crippen LogP contribution in [0.4, 0.5) is 0 Å². The van der Waals surface area contributed by atoms with Crippen LogP contribution in [-0.2, 0) is 16.5 Å². The van der Waals surface area contributed by atoms with Gasteiger partial charge < -0.3 is 9.04 Å².